The standard InChI is InChI=1S/C23H15Cl3N2O5/c1-33-22-14(25)8-12(9-15(22)26)20(30)18-19(11-4-6-27-7-5-11)28(23(32)21(18)31)16-10-13(24)2-3-17(16)29/h2-10,19,29-30H,1H3/b20-18+. The minimum Gasteiger partial charge on any atom is -0.507 e. The Kier molecular flexibility index (Phi) is 6.21. The Balaban J connectivity index is 1.98. The first-order chi connectivity index (χ1) is 15.7. The molecule has 1 fully saturated rings. The lowest BCUT2D eigenvalue weighted by molar-refractivity contribution is -0.132. The van der Waals surface area contributed by atoms with E-state index in [1.807, 2.05) is 0 Å². The summed E-state index contributed by atoms with van der Waals surface area (Å²) in [5.74, 6) is -2.48. The molecule has 4 rings (SSSR count). The Bertz CT molecular complexity index is 1290. The zero-order chi connectivity index (χ0) is 23.9. The first kappa shape index (κ1) is 22.9. The largest absolute Gasteiger partial charge is 0.507 e. The molecule has 1 aliphatic heterocycles. The predicted molar refractivity (Wildman–Crippen MR) is 125 cm³/mol. The molecule has 10 heteroatoms. The van der Waals surface area contributed by atoms with Gasteiger partial charge in [0.05, 0.1) is 34.5 Å². The summed E-state index contributed by atoms with van der Waals surface area (Å²) in [6.45, 7) is 0. The number of Topliss-reactive ketones (excluding diaryl/α,β-unsaturated/α-hetero) is 1. The second-order valence-electron chi connectivity index (χ2n) is 7.06. The van der Waals surface area contributed by atoms with Gasteiger partial charge in [-0.25, -0.2) is 0 Å². The number of ketones is 1. The Morgan fingerprint density at radius 1 is 1.03 bits per heavy atom. The van der Waals surface area contributed by atoms with Crippen LogP contribution in [-0.2, 0) is 9.59 Å². The fourth-order valence-electron chi connectivity index (χ4n) is 3.68. The van der Waals surface area contributed by atoms with Gasteiger partial charge < -0.3 is 14.9 Å². The van der Waals surface area contributed by atoms with Crippen LogP contribution in [0.3, 0.4) is 0 Å². The molecule has 1 aromatic heterocycles. The molecule has 2 aromatic carbocycles. The Labute approximate surface area is 203 Å². The summed E-state index contributed by atoms with van der Waals surface area (Å²) in [5, 5.41) is 22.0. The molecule has 1 saturated heterocycles. The number of pyridine rings is 1. The number of hydrogen-bond acceptors (Lipinski definition) is 6. The van der Waals surface area contributed by atoms with Crippen molar-refractivity contribution in [2.24, 2.45) is 0 Å². The maximum Gasteiger partial charge on any atom is 0.300 e. The molecule has 0 spiro atoms. The summed E-state index contributed by atoms with van der Waals surface area (Å²) in [7, 11) is 1.39. The van der Waals surface area contributed by atoms with Gasteiger partial charge in [0, 0.05) is 23.0 Å². The van der Waals surface area contributed by atoms with Gasteiger partial charge >= 0.3 is 0 Å². The number of benzene rings is 2. The second-order valence-corrected chi connectivity index (χ2v) is 8.31. The highest BCUT2D eigenvalue weighted by molar-refractivity contribution is 6.52. The topological polar surface area (TPSA) is 100.0 Å². The van der Waals surface area contributed by atoms with Gasteiger partial charge in [0.15, 0.2) is 5.75 Å². The fourth-order valence-corrected chi connectivity index (χ4v) is 4.49. The van der Waals surface area contributed by atoms with E-state index in [0.29, 0.717) is 5.56 Å². The lowest BCUT2D eigenvalue weighted by Crippen LogP contribution is -2.29. The minimum absolute atomic E-state index is 0.0104. The molecular weight excluding hydrogens is 491 g/mol. The number of carbonyl (C=O) groups excluding carboxylic acids is 2. The van der Waals surface area contributed by atoms with Crippen LogP contribution in [0.1, 0.15) is 17.2 Å². The Morgan fingerprint density at radius 2 is 1.67 bits per heavy atom. The number of aliphatic hydroxyl groups excluding tert-OH is 1. The smallest absolute Gasteiger partial charge is 0.300 e. The van der Waals surface area contributed by atoms with Crippen LogP contribution in [0.15, 0.2) is 60.4 Å². The number of halogens is 3. The van der Waals surface area contributed by atoms with Gasteiger partial charge in [-0.15, -0.1) is 0 Å². The van der Waals surface area contributed by atoms with Crippen LogP contribution in [-0.4, -0.2) is 34.0 Å². The monoisotopic (exact) mass is 504 g/mol. The molecule has 2 N–H and O–H groups in total. The van der Waals surface area contributed by atoms with Crippen LogP contribution in [0.25, 0.3) is 5.76 Å². The van der Waals surface area contributed by atoms with Gasteiger partial charge in [-0.05, 0) is 48.0 Å². The molecule has 0 aliphatic carbocycles. The van der Waals surface area contributed by atoms with Gasteiger partial charge in [0.1, 0.15) is 11.5 Å². The maximum absolute atomic E-state index is 13.1. The van der Waals surface area contributed by atoms with Gasteiger partial charge in [-0.1, -0.05) is 34.8 Å². The molecule has 0 saturated carbocycles. The summed E-state index contributed by atoms with van der Waals surface area (Å²) >= 11 is 18.5. The first-order valence-electron chi connectivity index (χ1n) is 9.47. The number of hydrogen-bond donors (Lipinski definition) is 2. The van der Waals surface area contributed by atoms with Gasteiger partial charge in [0.25, 0.3) is 11.7 Å². The van der Waals surface area contributed by atoms with Gasteiger partial charge in [-0.3, -0.25) is 19.5 Å². The minimum atomic E-state index is -1.09. The van der Waals surface area contributed by atoms with Crippen LogP contribution in [0.4, 0.5) is 5.69 Å². The number of anilines is 1. The van der Waals surface area contributed by atoms with E-state index in [-0.39, 0.29) is 43.4 Å². The van der Waals surface area contributed by atoms with Crippen LogP contribution in [0.2, 0.25) is 15.1 Å². The number of aromatic nitrogens is 1. The summed E-state index contributed by atoms with van der Waals surface area (Å²) < 4.78 is 5.13. The normalized spacial score (nSPS) is 17.5. The predicted octanol–water partition coefficient (Wildman–Crippen LogP) is 5.38. The molecule has 0 radical (unpaired) electrons. The van der Waals surface area contributed by atoms with E-state index in [2.05, 4.69) is 4.98 Å². The van der Waals surface area contributed by atoms with Crippen LogP contribution in [0, 0.1) is 0 Å². The van der Waals surface area contributed by atoms with Crippen LogP contribution in [0.5, 0.6) is 11.5 Å². The van der Waals surface area contributed by atoms with Crippen molar-refractivity contribution in [3.8, 4) is 11.5 Å². The first-order valence-corrected chi connectivity index (χ1v) is 10.6. The summed E-state index contributed by atoms with van der Waals surface area (Å²) in [6, 6.07) is 8.95. The molecule has 7 nitrogen and oxygen atoms in total. The summed E-state index contributed by atoms with van der Waals surface area (Å²) in [4.78, 5) is 31.3. The van der Waals surface area contributed by atoms with Crippen molar-refractivity contribution in [3.63, 3.8) is 0 Å². The van der Waals surface area contributed by atoms with Crippen molar-refractivity contribution in [2.45, 2.75) is 6.04 Å². The third-order valence-electron chi connectivity index (χ3n) is 5.14. The number of ether oxygens (including phenoxy) is 1. The van der Waals surface area contributed by atoms with E-state index < -0.39 is 23.5 Å². The lowest BCUT2D eigenvalue weighted by Gasteiger charge is -2.26. The van der Waals surface area contributed by atoms with E-state index in [0.717, 1.165) is 4.90 Å². The van der Waals surface area contributed by atoms with Crippen molar-refractivity contribution in [1.82, 2.24) is 4.98 Å². The number of aromatic hydroxyl groups is 1. The molecule has 1 aliphatic rings. The van der Waals surface area contributed by atoms with Crippen LogP contribution < -0.4 is 9.64 Å². The van der Waals surface area contributed by atoms with Crippen molar-refractivity contribution in [2.75, 3.05) is 12.0 Å². The fraction of sp³-hybridized carbons (Fsp3) is 0.0870. The Morgan fingerprint density at radius 3 is 2.27 bits per heavy atom. The third-order valence-corrected chi connectivity index (χ3v) is 5.94. The molecule has 0 bridgehead atoms. The molecule has 3 aromatic rings. The van der Waals surface area contributed by atoms with Gasteiger partial charge in [-0.2, -0.15) is 0 Å². The quantitative estimate of drug-likeness (QED) is 0.280. The highest BCUT2D eigenvalue weighted by atomic mass is 35.5. The molecule has 1 atom stereocenters. The number of nitrogens with zero attached hydrogens (tertiary/aromatic N) is 2. The van der Waals surface area contributed by atoms with Crippen molar-refractivity contribution < 1.29 is 24.5 Å². The number of methoxy groups -OCH3 is 1. The zero-order valence-electron chi connectivity index (χ0n) is 16.9. The van der Waals surface area contributed by atoms with Crippen molar-refractivity contribution in [3.05, 3.63) is 86.6 Å². The number of carbonyl (C=O) groups is 2. The van der Waals surface area contributed by atoms with E-state index in [1.165, 1.54) is 49.8 Å². The third kappa shape index (κ3) is 3.99. The number of phenols is 1. The Hall–Kier alpha value is -3.26. The van der Waals surface area contributed by atoms with Crippen molar-refractivity contribution >= 4 is 57.9 Å². The number of amides is 1. The molecule has 2 heterocycles. The average Bonchev–Trinajstić information content (AvgIpc) is 3.06. The molecular formula is C23H15Cl3N2O5. The number of rotatable bonds is 4. The summed E-state index contributed by atoms with van der Waals surface area (Å²) in [5.41, 5.74) is 0.369. The zero-order valence-corrected chi connectivity index (χ0v) is 19.2. The molecule has 1 unspecified atom stereocenters. The van der Waals surface area contributed by atoms with Crippen molar-refractivity contribution in [1.29, 1.82) is 0 Å². The highest BCUT2D eigenvalue weighted by Crippen LogP contribution is 2.46. The summed E-state index contributed by atoms with van der Waals surface area (Å²) in [6.07, 6.45) is 2.96. The SMILES string of the molecule is COc1c(Cl)cc(/C(O)=C2\C(=O)C(=O)N(c3cc(Cl)ccc3O)C2c2ccncc2)cc1Cl. The van der Waals surface area contributed by atoms with E-state index >= 15 is 0 Å². The number of phenolic OH excluding ortho intramolecular Hbond substituents is 1. The second kappa shape index (κ2) is 8.94. The van der Waals surface area contributed by atoms with E-state index in [1.54, 1.807) is 12.1 Å². The highest BCUT2D eigenvalue weighted by Gasteiger charge is 2.47. The van der Waals surface area contributed by atoms with E-state index in [4.69, 9.17) is 39.5 Å². The molecule has 33 heavy (non-hydrogen) atoms. The van der Waals surface area contributed by atoms with E-state index in [9.17, 15) is 19.8 Å². The maximum atomic E-state index is 13.1. The van der Waals surface area contributed by atoms with Crippen LogP contribution >= 0.6 is 34.8 Å². The molecule has 168 valence electrons. The average molecular weight is 506 g/mol. The van der Waals surface area contributed by atoms with Gasteiger partial charge in [0.2, 0.25) is 0 Å². The lowest BCUT2D eigenvalue weighted by atomic mass is 9.95. The molecule has 1 amide bonds. The number of aliphatic hydroxyl groups is 1.